The van der Waals surface area contributed by atoms with Gasteiger partial charge >= 0.3 is 5.97 Å². The number of ether oxygens (including phenoxy) is 1. The molecule has 3 rings (SSSR count). The van der Waals surface area contributed by atoms with Crippen LogP contribution in [-0.2, 0) is 19.7 Å². The van der Waals surface area contributed by atoms with Crippen molar-refractivity contribution < 1.29 is 18.7 Å². The second-order valence-corrected chi connectivity index (χ2v) is 7.22. The fourth-order valence-electron chi connectivity index (χ4n) is 3.45. The summed E-state index contributed by atoms with van der Waals surface area (Å²) in [7, 11) is 0. The van der Waals surface area contributed by atoms with Gasteiger partial charge in [-0.05, 0) is 30.5 Å². The van der Waals surface area contributed by atoms with Crippen LogP contribution in [0.15, 0.2) is 24.3 Å². The summed E-state index contributed by atoms with van der Waals surface area (Å²) in [6, 6.07) is 6.48. The van der Waals surface area contributed by atoms with Crippen LogP contribution >= 0.6 is 0 Å². The van der Waals surface area contributed by atoms with Crippen molar-refractivity contribution >= 4 is 11.9 Å². The van der Waals surface area contributed by atoms with E-state index in [4.69, 9.17) is 4.74 Å². The molecule has 1 aromatic rings. The van der Waals surface area contributed by atoms with E-state index in [-0.39, 0.29) is 34.6 Å². The molecule has 5 heteroatoms. The fourth-order valence-corrected chi connectivity index (χ4v) is 3.45. The molecule has 0 radical (unpaired) electrons. The number of carbonyl (C=O) groups excluding carboxylic acids is 2. The van der Waals surface area contributed by atoms with Crippen LogP contribution in [0.25, 0.3) is 0 Å². The molecule has 1 aliphatic heterocycles. The largest absolute Gasteiger partial charge is 0.465 e. The zero-order chi connectivity index (χ0) is 16.7. The molecule has 1 unspecified atom stereocenters. The number of hydrogen-bond donors (Lipinski definition) is 1. The third-order valence-electron chi connectivity index (χ3n) is 5.30. The molecule has 0 spiro atoms. The fraction of sp³-hybridized carbons (Fsp3) is 0.556. The van der Waals surface area contributed by atoms with E-state index in [1.165, 1.54) is 12.1 Å². The van der Waals surface area contributed by atoms with Crippen LogP contribution < -0.4 is 5.32 Å². The van der Waals surface area contributed by atoms with Gasteiger partial charge in [0.2, 0.25) is 5.91 Å². The number of rotatable bonds is 5. The minimum Gasteiger partial charge on any atom is -0.465 e. The zero-order valence-corrected chi connectivity index (χ0v) is 13.5. The Labute approximate surface area is 135 Å². The number of amides is 1. The normalized spacial score (nSPS) is 22.6. The average Bonchev–Trinajstić information content (AvgIpc) is 3.16. The Morgan fingerprint density at radius 2 is 2.00 bits per heavy atom. The molecule has 0 bridgehead atoms. The number of hydrogen-bond acceptors (Lipinski definition) is 3. The van der Waals surface area contributed by atoms with E-state index in [1.54, 1.807) is 12.1 Å². The lowest BCUT2D eigenvalue weighted by atomic mass is 9.75. The van der Waals surface area contributed by atoms with Crippen molar-refractivity contribution in [3.63, 3.8) is 0 Å². The Kier molecular flexibility index (Phi) is 3.90. The molecule has 1 aromatic carbocycles. The highest BCUT2D eigenvalue weighted by molar-refractivity contribution is 5.80. The zero-order valence-electron chi connectivity index (χ0n) is 13.5. The summed E-state index contributed by atoms with van der Waals surface area (Å²) in [6.07, 6.45) is 2.45. The van der Waals surface area contributed by atoms with Gasteiger partial charge in [0.05, 0.1) is 13.0 Å². The third kappa shape index (κ3) is 3.09. The summed E-state index contributed by atoms with van der Waals surface area (Å²) < 4.78 is 18.1. The SMILES string of the molecule is CC(C)(c1ccc(F)cc1)C1(NC(=O)CC2COC(=O)C2)CC1. The maximum Gasteiger partial charge on any atom is 0.306 e. The Hall–Kier alpha value is -1.91. The molecule has 23 heavy (non-hydrogen) atoms. The van der Waals surface area contributed by atoms with Crippen molar-refractivity contribution in [1.82, 2.24) is 5.32 Å². The second-order valence-electron chi connectivity index (χ2n) is 7.22. The Bertz CT molecular complexity index is 620. The van der Waals surface area contributed by atoms with Gasteiger partial charge in [-0.25, -0.2) is 4.39 Å². The van der Waals surface area contributed by atoms with E-state index in [1.807, 2.05) is 0 Å². The molecular formula is C18H22FNO3. The molecule has 124 valence electrons. The highest BCUT2D eigenvalue weighted by Crippen LogP contribution is 2.51. The topological polar surface area (TPSA) is 55.4 Å². The van der Waals surface area contributed by atoms with Gasteiger partial charge in [-0.2, -0.15) is 0 Å². The molecule has 1 heterocycles. The van der Waals surface area contributed by atoms with Crippen molar-refractivity contribution in [1.29, 1.82) is 0 Å². The van der Waals surface area contributed by atoms with Crippen molar-refractivity contribution in [3.05, 3.63) is 35.6 Å². The van der Waals surface area contributed by atoms with Crippen LogP contribution in [0.3, 0.4) is 0 Å². The highest BCUT2D eigenvalue weighted by atomic mass is 19.1. The van der Waals surface area contributed by atoms with Crippen molar-refractivity contribution in [2.24, 2.45) is 5.92 Å². The summed E-state index contributed by atoms with van der Waals surface area (Å²) >= 11 is 0. The van der Waals surface area contributed by atoms with Crippen LogP contribution in [0.2, 0.25) is 0 Å². The predicted molar refractivity (Wildman–Crippen MR) is 83.2 cm³/mol. The standard InChI is InChI=1S/C18H22FNO3/c1-17(2,13-3-5-14(19)6-4-13)18(7-8-18)20-15(21)9-12-10-16(22)23-11-12/h3-6,12H,7-11H2,1-2H3,(H,20,21). The van der Waals surface area contributed by atoms with Gasteiger partial charge < -0.3 is 10.1 Å². The van der Waals surface area contributed by atoms with Crippen molar-refractivity contribution in [2.75, 3.05) is 6.61 Å². The second kappa shape index (κ2) is 5.62. The van der Waals surface area contributed by atoms with Crippen LogP contribution in [0.1, 0.15) is 45.1 Å². The minimum absolute atomic E-state index is 0.0211. The molecule has 1 saturated heterocycles. The average molecular weight is 319 g/mol. The summed E-state index contributed by atoms with van der Waals surface area (Å²) in [5, 5.41) is 3.16. The summed E-state index contributed by atoms with van der Waals surface area (Å²) in [6.45, 7) is 4.49. The third-order valence-corrected chi connectivity index (χ3v) is 5.30. The number of halogens is 1. The first-order valence-corrected chi connectivity index (χ1v) is 8.05. The molecular weight excluding hydrogens is 297 g/mol. The Balaban J connectivity index is 1.67. The predicted octanol–water partition coefficient (Wildman–Crippen LogP) is 2.71. The summed E-state index contributed by atoms with van der Waals surface area (Å²) in [5.41, 5.74) is 0.445. The maximum absolute atomic E-state index is 13.1. The molecule has 0 aromatic heterocycles. The van der Waals surface area contributed by atoms with Gasteiger partial charge in [-0.3, -0.25) is 9.59 Å². The van der Waals surface area contributed by atoms with E-state index < -0.39 is 0 Å². The van der Waals surface area contributed by atoms with E-state index in [2.05, 4.69) is 19.2 Å². The van der Waals surface area contributed by atoms with Crippen LogP contribution in [-0.4, -0.2) is 24.0 Å². The Morgan fingerprint density at radius 1 is 1.35 bits per heavy atom. The minimum atomic E-state index is -0.286. The van der Waals surface area contributed by atoms with Gasteiger partial charge in [0, 0.05) is 23.3 Å². The molecule has 1 saturated carbocycles. The molecule has 1 amide bonds. The molecule has 2 fully saturated rings. The first-order chi connectivity index (χ1) is 10.8. The number of esters is 1. The quantitative estimate of drug-likeness (QED) is 0.849. The van der Waals surface area contributed by atoms with Crippen LogP contribution in [0.4, 0.5) is 4.39 Å². The van der Waals surface area contributed by atoms with Crippen LogP contribution in [0, 0.1) is 11.7 Å². The molecule has 2 aliphatic rings. The lowest BCUT2D eigenvalue weighted by Gasteiger charge is -2.36. The number of carbonyl (C=O) groups is 2. The van der Waals surface area contributed by atoms with Gasteiger partial charge in [-0.15, -0.1) is 0 Å². The summed E-state index contributed by atoms with van der Waals surface area (Å²) in [5.74, 6) is -0.548. The van der Waals surface area contributed by atoms with Gasteiger partial charge in [0.15, 0.2) is 0 Å². The molecule has 1 aliphatic carbocycles. The number of cyclic esters (lactones) is 1. The smallest absolute Gasteiger partial charge is 0.306 e. The Morgan fingerprint density at radius 3 is 2.52 bits per heavy atom. The lowest BCUT2D eigenvalue weighted by Crippen LogP contribution is -2.50. The molecule has 4 nitrogen and oxygen atoms in total. The van der Waals surface area contributed by atoms with Crippen molar-refractivity contribution in [2.45, 2.75) is 50.5 Å². The van der Waals surface area contributed by atoms with E-state index in [0.717, 1.165) is 18.4 Å². The number of nitrogens with one attached hydrogen (secondary N) is 1. The van der Waals surface area contributed by atoms with Gasteiger partial charge in [0.25, 0.3) is 0 Å². The van der Waals surface area contributed by atoms with Gasteiger partial charge in [-0.1, -0.05) is 26.0 Å². The summed E-state index contributed by atoms with van der Waals surface area (Å²) in [4.78, 5) is 23.5. The highest BCUT2D eigenvalue weighted by Gasteiger charge is 2.56. The maximum atomic E-state index is 13.1. The first kappa shape index (κ1) is 16.0. The number of benzene rings is 1. The lowest BCUT2D eigenvalue weighted by molar-refractivity contribution is -0.138. The van der Waals surface area contributed by atoms with Crippen LogP contribution in [0.5, 0.6) is 0 Å². The molecule has 1 atom stereocenters. The van der Waals surface area contributed by atoms with E-state index in [9.17, 15) is 14.0 Å². The van der Waals surface area contributed by atoms with E-state index in [0.29, 0.717) is 19.4 Å². The van der Waals surface area contributed by atoms with Gasteiger partial charge in [0.1, 0.15) is 5.82 Å². The van der Waals surface area contributed by atoms with E-state index >= 15 is 0 Å². The monoisotopic (exact) mass is 319 g/mol. The van der Waals surface area contributed by atoms with Crippen molar-refractivity contribution in [3.8, 4) is 0 Å². The first-order valence-electron chi connectivity index (χ1n) is 8.05. The molecule has 1 N–H and O–H groups in total.